The van der Waals surface area contributed by atoms with Gasteiger partial charge in [0.25, 0.3) is 0 Å². The van der Waals surface area contributed by atoms with E-state index < -0.39 is 17.7 Å². The van der Waals surface area contributed by atoms with Crippen LogP contribution in [-0.2, 0) is 0 Å². The fourth-order valence-electron chi connectivity index (χ4n) is 0.560. The van der Waals surface area contributed by atoms with Gasteiger partial charge in [0.05, 0.1) is 0 Å². The molecule has 0 saturated heterocycles. The summed E-state index contributed by atoms with van der Waals surface area (Å²) in [5.74, 6) is -4.56. The summed E-state index contributed by atoms with van der Waals surface area (Å²) >= 11 is 1.18. The summed E-state index contributed by atoms with van der Waals surface area (Å²) in [5, 5.41) is 0. The average molecular weight is 220 g/mol. The Kier molecular flexibility index (Phi) is 4.22. The second kappa shape index (κ2) is 4.30. The average Bonchev–Trinajstić information content (AvgIpc) is 1.97. The van der Waals surface area contributed by atoms with Crippen molar-refractivity contribution in [2.75, 3.05) is 12.0 Å². The second-order valence-electron chi connectivity index (χ2n) is 2.41. The zero-order chi connectivity index (χ0) is 10.7. The van der Waals surface area contributed by atoms with Gasteiger partial charge in [0.2, 0.25) is 0 Å². The van der Waals surface area contributed by atoms with Gasteiger partial charge in [0.15, 0.2) is 0 Å². The van der Waals surface area contributed by atoms with Crippen LogP contribution in [0.5, 0.6) is 0 Å². The molecule has 0 fully saturated rings. The van der Waals surface area contributed by atoms with Crippen LogP contribution < -0.4 is 0 Å². The topological polar surface area (TPSA) is 0 Å². The first kappa shape index (κ1) is 12.7. The first-order valence-electron chi connectivity index (χ1n) is 3.34. The van der Waals surface area contributed by atoms with Crippen molar-refractivity contribution in [2.24, 2.45) is 0 Å². The minimum atomic E-state index is -5.49. The standard InChI is InChI=1S/C7H9F5S/c1-5(3-4-13-2)6(8,9)7(10,11)12/h3H,4H2,1-2H3/b5-3+. The number of rotatable bonds is 3. The summed E-state index contributed by atoms with van der Waals surface area (Å²) < 4.78 is 60.0. The lowest BCUT2D eigenvalue weighted by Crippen LogP contribution is -2.37. The quantitative estimate of drug-likeness (QED) is 0.518. The van der Waals surface area contributed by atoms with Gasteiger partial charge in [-0.25, -0.2) is 0 Å². The molecule has 0 aromatic carbocycles. The first-order valence-corrected chi connectivity index (χ1v) is 4.73. The second-order valence-corrected chi connectivity index (χ2v) is 3.33. The Balaban J connectivity index is 4.63. The number of alkyl halides is 5. The van der Waals surface area contributed by atoms with Crippen LogP contribution in [0.4, 0.5) is 22.0 Å². The van der Waals surface area contributed by atoms with E-state index in [9.17, 15) is 22.0 Å². The Bertz CT molecular complexity index is 194. The highest BCUT2D eigenvalue weighted by Gasteiger charge is 2.58. The van der Waals surface area contributed by atoms with Gasteiger partial charge in [-0.15, -0.1) is 0 Å². The molecule has 0 aromatic heterocycles. The van der Waals surface area contributed by atoms with Crippen LogP contribution in [0.15, 0.2) is 11.6 Å². The van der Waals surface area contributed by atoms with E-state index in [1.807, 2.05) is 0 Å². The molecule has 13 heavy (non-hydrogen) atoms. The van der Waals surface area contributed by atoms with Gasteiger partial charge in [-0.3, -0.25) is 0 Å². The van der Waals surface area contributed by atoms with Gasteiger partial charge in [0, 0.05) is 11.3 Å². The fourth-order valence-corrected chi connectivity index (χ4v) is 0.977. The van der Waals surface area contributed by atoms with Crippen LogP contribution in [0.1, 0.15) is 6.92 Å². The first-order chi connectivity index (χ1) is 5.73. The Morgan fingerprint density at radius 3 is 2.00 bits per heavy atom. The lowest BCUT2D eigenvalue weighted by atomic mass is 10.1. The minimum absolute atomic E-state index is 0.150. The molecule has 78 valence electrons. The van der Waals surface area contributed by atoms with Gasteiger partial charge in [0.1, 0.15) is 0 Å². The molecule has 0 spiro atoms. The predicted octanol–water partition coefficient (Wildman–Crippen LogP) is 3.49. The molecule has 0 rings (SSSR count). The van der Waals surface area contributed by atoms with Crippen molar-refractivity contribution >= 4 is 11.8 Å². The van der Waals surface area contributed by atoms with Gasteiger partial charge >= 0.3 is 12.1 Å². The van der Waals surface area contributed by atoms with Crippen molar-refractivity contribution < 1.29 is 22.0 Å². The zero-order valence-corrected chi connectivity index (χ0v) is 7.90. The van der Waals surface area contributed by atoms with Crippen molar-refractivity contribution in [3.05, 3.63) is 11.6 Å². The van der Waals surface area contributed by atoms with Crippen molar-refractivity contribution in [3.63, 3.8) is 0 Å². The Labute approximate surface area is 77.2 Å². The van der Waals surface area contributed by atoms with Gasteiger partial charge in [-0.05, 0) is 13.2 Å². The molecule has 0 heterocycles. The van der Waals surface area contributed by atoms with E-state index in [-0.39, 0.29) is 5.75 Å². The highest BCUT2D eigenvalue weighted by Crippen LogP contribution is 2.40. The summed E-state index contributed by atoms with van der Waals surface area (Å²) in [6.45, 7) is 0.781. The largest absolute Gasteiger partial charge is 0.457 e. The molecule has 0 N–H and O–H groups in total. The maximum Gasteiger partial charge on any atom is 0.457 e. The van der Waals surface area contributed by atoms with Crippen molar-refractivity contribution in [3.8, 4) is 0 Å². The smallest absolute Gasteiger partial charge is 0.191 e. The maximum absolute atomic E-state index is 12.4. The molecule has 0 unspecified atom stereocenters. The SMILES string of the molecule is CSC/C=C(\C)C(F)(F)C(F)(F)F. The highest BCUT2D eigenvalue weighted by atomic mass is 32.2. The summed E-state index contributed by atoms with van der Waals surface area (Å²) in [7, 11) is 0. The van der Waals surface area contributed by atoms with E-state index in [0.29, 0.717) is 0 Å². The highest BCUT2D eigenvalue weighted by molar-refractivity contribution is 7.98. The summed E-state index contributed by atoms with van der Waals surface area (Å²) in [6, 6.07) is 0. The molecule has 0 aromatic rings. The fraction of sp³-hybridized carbons (Fsp3) is 0.714. The van der Waals surface area contributed by atoms with E-state index in [1.54, 1.807) is 6.26 Å². The normalized spacial score (nSPS) is 14.8. The maximum atomic E-state index is 12.4. The van der Waals surface area contributed by atoms with Crippen LogP contribution in [-0.4, -0.2) is 24.1 Å². The van der Waals surface area contributed by atoms with Crippen LogP contribution in [0.2, 0.25) is 0 Å². The molecule has 0 aliphatic carbocycles. The van der Waals surface area contributed by atoms with Crippen molar-refractivity contribution in [2.45, 2.75) is 19.0 Å². The lowest BCUT2D eigenvalue weighted by Gasteiger charge is -2.20. The molecule has 0 atom stereocenters. The van der Waals surface area contributed by atoms with Gasteiger partial charge in [-0.2, -0.15) is 33.7 Å². The minimum Gasteiger partial charge on any atom is -0.191 e. The van der Waals surface area contributed by atoms with Crippen LogP contribution in [0.3, 0.4) is 0 Å². The zero-order valence-electron chi connectivity index (χ0n) is 7.08. The van der Waals surface area contributed by atoms with Gasteiger partial charge < -0.3 is 0 Å². The van der Waals surface area contributed by atoms with E-state index in [0.717, 1.165) is 13.0 Å². The molecular formula is C7H9F5S. The monoisotopic (exact) mass is 220 g/mol. The molecule has 0 saturated carbocycles. The Morgan fingerprint density at radius 1 is 1.23 bits per heavy atom. The third-order valence-corrected chi connectivity index (χ3v) is 1.91. The summed E-state index contributed by atoms with van der Waals surface area (Å²) in [4.78, 5) is 0. The lowest BCUT2D eigenvalue weighted by molar-refractivity contribution is -0.264. The number of hydrogen-bond donors (Lipinski definition) is 0. The number of hydrogen-bond acceptors (Lipinski definition) is 1. The molecule has 0 amide bonds. The van der Waals surface area contributed by atoms with Crippen LogP contribution in [0, 0.1) is 0 Å². The van der Waals surface area contributed by atoms with Gasteiger partial charge in [-0.1, -0.05) is 6.08 Å². The molecule has 0 bridgehead atoms. The Hall–Kier alpha value is -0.260. The molecule has 0 radical (unpaired) electrons. The third kappa shape index (κ3) is 3.17. The molecule has 0 nitrogen and oxygen atoms in total. The molecule has 6 heteroatoms. The summed E-state index contributed by atoms with van der Waals surface area (Å²) in [5.41, 5.74) is -0.950. The molecule has 0 aliphatic rings. The van der Waals surface area contributed by atoms with Crippen molar-refractivity contribution in [1.82, 2.24) is 0 Å². The van der Waals surface area contributed by atoms with E-state index in [4.69, 9.17) is 0 Å². The van der Waals surface area contributed by atoms with E-state index in [1.165, 1.54) is 11.8 Å². The van der Waals surface area contributed by atoms with Crippen LogP contribution >= 0.6 is 11.8 Å². The van der Waals surface area contributed by atoms with E-state index in [2.05, 4.69) is 0 Å². The number of halogens is 5. The van der Waals surface area contributed by atoms with Crippen molar-refractivity contribution in [1.29, 1.82) is 0 Å². The predicted molar refractivity (Wildman–Crippen MR) is 43.1 cm³/mol. The Morgan fingerprint density at radius 2 is 1.69 bits per heavy atom. The number of thioether (sulfide) groups is 1. The molecular weight excluding hydrogens is 211 g/mol. The summed E-state index contributed by atoms with van der Waals surface area (Å²) in [6.07, 6.45) is -2.99. The third-order valence-electron chi connectivity index (χ3n) is 1.41. The molecule has 0 aliphatic heterocycles. The number of allylic oxidation sites excluding steroid dienone is 1. The van der Waals surface area contributed by atoms with Crippen LogP contribution in [0.25, 0.3) is 0 Å². The van der Waals surface area contributed by atoms with E-state index >= 15 is 0 Å².